The van der Waals surface area contributed by atoms with Crippen LogP contribution in [0, 0.1) is 13.8 Å². The fraction of sp³-hybridized carbons (Fsp3) is 0.286. The van der Waals surface area contributed by atoms with E-state index in [1.807, 2.05) is 13.8 Å². The van der Waals surface area contributed by atoms with Gasteiger partial charge in [-0.1, -0.05) is 0 Å². The third-order valence-electron chi connectivity index (χ3n) is 1.55. The Hall–Kier alpha value is -1.45. The van der Waals surface area contributed by atoms with E-state index in [2.05, 4.69) is 15.1 Å². The van der Waals surface area contributed by atoms with E-state index in [1.54, 1.807) is 16.9 Å². The fourth-order valence-corrected chi connectivity index (χ4v) is 0.989. The number of fused-ring (bicyclic) bond motifs is 1. The predicted octanol–water partition coefficient (Wildman–Crippen LogP) is 0.741. The summed E-state index contributed by atoms with van der Waals surface area (Å²) in [6.45, 7) is 3.82. The molecule has 2 aromatic rings. The van der Waals surface area contributed by atoms with Crippen molar-refractivity contribution in [3.05, 3.63) is 23.9 Å². The number of rotatable bonds is 0. The van der Waals surface area contributed by atoms with Gasteiger partial charge < -0.3 is 0 Å². The summed E-state index contributed by atoms with van der Waals surface area (Å²) in [7, 11) is 0. The summed E-state index contributed by atoms with van der Waals surface area (Å²) in [5, 5.41) is 4.18. The lowest BCUT2D eigenvalue weighted by Crippen LogP contribution is -1.97. The van der Waals surface area contributed by atoms with Crippen LogP contribution in [0.25, 0.3) is 5.65 Å². The van der Waals surface area contributed by atoms with E-state index in [-0.39, 0.29) is 0 Å². The van der Waals surface area contributed by atoms with Crippen LogP contribution in [0.2, 0.25) is 0 Å². The van der Waals surface area contributed by atoms with Crippen molar-refractivity contribution in [3.8, 4) is 0 Å². The number of aryl methyl sites for hydroxylation is 2. The molecule has 0 fully saturated rings. The zero-order valence-electron chi connectivity index (χ0n) is 6.44. The van der Waals surface area contributed by atoms with Crippen molar-refractivity contribution in [1.29, 1.82) is 0 Å². The second-order valence-electron chi connectivity index (χ2n) is 2.47. The molecular formula is C7H8N4. The van der Waals surface area contributed by atoms with Gasteiger partial charge in [-0.15, -0.1) is 0 Å². The lowest BCUT2D eigenvalue weighted by Gasteiger charge is -1.94. The smallest absolute Gasteiger partial charge is 0.172 e. The molecule has 2 heterocycles. The standard InChI is InChI=1S/C7H8N4/c1-5-3-9-7-4-8-6(2)10-11(5)7/h3-4H,1-2H3. The van der Waals surface area contributed by atoms with E-state index in [0.29, 0.717) is 0 Å². The molecule has 0 unspecified atom stereocenters. The van der Waals surface area contributed by atoms with Gasteiger partial charge in [0, 0.05) is 0 Å². The van der Waals surface area contributed by atoms with Crippen LogP contribution in [0.1, 0.15) is 11.5 Å². The fourth-order valence-electron chi connectivity index (χ4n) is 0.989. The molecule has 0 radical (unpaired) electrons. The molecule has 0 bridgehead atoms. The highest BCUT2D eigenvalue weighted by atomic mass is 15.3. The van der Waals surface area contributed by atoms with Gasteiger partial charge in [0.25, 0.3) is 0 Å². The Balaban J connectivity index is 2.87. The molecule has 2 aromatic heterocycles. The number of hydrogen-bond acceptors (Lipinski definition) is 3. The van der Waals surface area contributed by atoms with Crippen LogP contribution in [0.5, 0.6) is 0 Å². The van der Waals surface area contributed by atoms with Gasteiger partial charge in [0.15, 0.2) is 5.65 Å². The van der Waals surface area contributed by atoms with Crippen LogP contribution in [0.3, 0.4) is 0 Å². The number of aromatic nitrogens is 4. The lowest BCUT2D eigenvalue weighted by molar-refractivity contribution is 0.829. The van der Waals surface area contributed by atoms with E-state index >= 15 is 0 Å². The van der Waals surface area contributed by atoms with E-state index in [1.165, 1.54) is 0 Å². The minimum absolute atomic E-state index is 0.763. The SMILES string of the molecule is Cc1ncc2ncc(C)n2n1. The lowest BCUT2D eigenvalue weighted by atomic mass is 10.6. The Morgan fingerprint density at radius 1 is 1.18 bits per heavy atom. The first-order chi connectivity index (χ1) is 5.27. The highest BCUT2D eigenvalue weighted by Gasteiger charge is 1.98. The van der Waals surface area contributed by atoms with Gasteiger partial charge in [-0.05, 0) is 13.8 Å². The van der Waals surface area contributed by atoms with Crippen LogP contribution in [0.15, 0.2) is 12.4 Å². The molecule has 0 amide bonds. The summed E-state index contributed by atoms with van der Waals surface area (Å²) in [4.78, 5) is 8.12. The zero-order valence-corrected chi connectivity index (χ0v) is 6.44. The van der Waals surface area contributed by atoms with Gasteiger partial charge in [-0.25, -0.2) is 14.5 Å². The molecule has 11 heavy (non-hydrogen) atoms. The summed E-state index contributed by atoms with van der Waals surface area (Å²) in [6.07, 6.45) is 3.50. The zero-order chi connectivity index (χ0) is 7.84. The monoisotopic (exact) mass is 148 g/mol. The minimum atomic E-state index is 0.763. The van der Waals surface area contributed by atoms with E-state index in [0.717, 1.165) is 17.2 Å². The maximum atomic E-state index is 4.18. The van der Waals surface area contributed by atoms with Crippen molar-refractivity contribution in [2.75, 3.05) is 0 Å². The summed E-state index contributed by atoms with van der Waals surface area (Å²) in [6, 6.07) is 0. The third kappa shape index (κ3) is 0.869. The van der Waals surface area contributed by atoms with Gasteiger partial charge in [0.2, 0.25) is 0 Å². The molecular weight excluding hydrogens is 140 g/mol. The predicted molar refractivity (Wildman–Crippen MR) is 40.3 cm³/mol. The van der Waals surface area contributed by atoms with Crippen molar-refractivity contribution in [2.45, 2.75) is 13.8 Å². The van der Waals surface area contributed by atoms with Crippen LogP contribution >= 0.6 is 0 Å². The highest BCUT2D eigenvalue weighted by molar-refractivity contribution is 5.34. The van der Waals surface area contributed by atoms with Gasteiger partial charge in [0.1, 0.15) is 5.82 Å². The minimum Gasteiger partial charge on any atom is -0.236 e. The molecule has 0 spiro atoms. The van der Waals surface area contributed by atoms with E-state index in [9.17, 15) is 0 Å². The quantitative estimate of drug-likeness (QED) is 0.553. The third-order valence-corrected chi connectivity index (χ3v) is 1.55. The molecule has 2 rings (SSSR count). The first kappa shape index (κ1) is 6.27. The molecule has 0 atom stereocenters. The molecule has 0 aromatic carbocycles. The molecule has 0 saturated carbocycles. The van der Waals surface area contributed by atoms with Crippen molar-refractivity contribution in [3.63, 3.8) is 0 Å². The van der Waals surface area contributed by atoms with E-state index < -0.39 is 0 Å². The van der Waals surface area contributed by atoms with Crippen molar-refractivity contribution in [2.24, 2.45) is 0 Å². The molecule has 0 N–H and O–H groups in total. The van der Waals surface area contributed by atoms with Gasteiger partial charge in [-0.2, -0.15) is 5.10 Å². The van der Waals surface area contributed by atoms with Crippen LogP contribution in [-0.4, -0.2) is 19.6 Å². The molecule has 0 aliphatic rings. The molecule has 56 valence electrons. The first-order valence-corrected chi connectivity index (χ1v) is 3.41. The Bertz CT molecular complexity index is 390. The molecule has 0 saturated heterocycles. The summed E-state index contributed by atoms with van der Waals surface area (Å²) < 4.78 is 1.78. The maximum Gasteiger partial charge on any atom is 0.172 e. The average Bonchev–Trinajstić information content (AvgIpc) is 2.33. The molecule has 0 aliphatic heterocycles. The Morgan fingerprint density at radius 2 is 2.00 bits per heavy atom. The van der Waals surface area contributed by atoms with Crippen molar-refractivity contribution < 1.29 is 0 Å². The molecule has 4 nitrogen and oxygen atoms in total. The van der Waals surface area contributed by atoms with Crippen LogP contribution in [0.4, 0.5) is 0 Å². The van der Waals surface area contributed by atoms with Gasteiger partial charge in [0.05, 0.1) is 18.1 Å². The number of nitrogens with zero attached hydrogens (tertiary/aromatic N) is 4. The number of hydrogen-bond donors (Lipinski definition) is 0. The summed E-state index contributed by atoms with van der Waals surface area (Å²) in [5.41, 5.74) is 1.83. The molecule has 4 heteroatoms. The Kier molecular flexibility index (Phi) is 1.15. The molecule has 0 aliphatic carbocycles. The van der Waals surface area contributed by atoms with Crippen LogP contribution < -0.4 is 0 Å². The maximum absolute atomic E-state index is 4.18. The summed E-state index contributed by atoms with van der Waals surface area (Å²) >= 11 is 0. The normalized spacial score (nSPS) is 10.7. The Morgan fingerprint density at radius 3 is 2.82 bits per heavy atom. The van der Waals surface area contributed by atoms with Gasteiger partial charge >= 0.3 is 0 Å². The van der Waals surface area contributed by atoms with Gasteiger partial charge in [-0.3, -0.25) is 0 Å². The van der Waals surface area contributed by atoms with E-state index in [4.69, 9.17) is 0 Å². The highest BCUT2D eigenvalue weighted by Crippen LogP contribution is 2.00. The second kappa shape index (κ2) is 2.02. The first-order valence-electron chi connectivity index (χ1n) is 3.41. The topological polar surface area (TPSA) is 43.1 Å². The number of imidazole rings is 1. The summed E-state index contributed by atoms with van der Waals surface area (Å²) in [5.74, 6) is 0.763. The van der Waals surface area contributed by atoms with Crippen LogP contribution in [-0.2, 0) is 0 Å². The Labute approximate surface area is 63.9 Å². The van der Waals surface area contributed by atoms with Crippen molar-refractivity contribution >= 4 is 5.65 Å². The average molecular weight is 148 g/mol. The largest absolute Gasteiger partial charge is 0.236 e. The second-order valence-corrected chi connectivity index (χ2v) is 2.47. The van der Waals surface area contributed by atoms with Crippen molar-refractivity contribution in [1.82, 2.24) is 19.6 Å².